The van der Waals surface area contributed by atoms with Crippen LogP contribution in [0.4, 0.5) is 0 Å². The van der Waals surface area contributed by atoms with Gasteiger partial charge in [-0.3, -0.25) is 4.79 Å². The smallest absolute Gasteiger partial charge is 0.248 e. The molecule has 0 aliphatic carbocycles. The van der Waals surface area contributed by atoms with Crippen molar-refractivity contribution in [1.29, 1.82) is 0 Å². The lowest BCUT2D eigenvalue weighted by molar-refractivity contribution is -0.118. The minimum absolute atomic E-state index is 0.116. The molecule has 1 aromatic carbocycles. The van der Waals surface area contributed by atoms with Gasteiger partial charge in [-0.25, -0.2) is 0 Å². The van der Waals surface area contributed by atoms with Crippen LogP contribution in [0.5, 0.6) is 5.75 Å². The van der Waals surface area contributed by atoms with Gasteiger partial charge in [0.1, 0.15) is 5.75 Å². The van der Waals surface area contributed by atoms with Crippen molar-refractivity contribution in [2.75, 3.05) is 7.11 Å². The Balaban J connectivity index is 2.56. The van der Waals surface area contributed by atoms with Gasteiger partial charge in [-0.2, -0.15) is 4.99 Å². The largest absolute Gasteiger partial charge is 0.497 e. The van der Waals surface area contributed by atoms with Gasteiger partial charge < -0.3 is 9.30 Å². The average Bonchev–Trinajstić information content (AvgIpc) is 2.75. The number of carbonyl (C=O) groups is 1. The molecule has 0 spiro atoms. The molecule has 0 unspecified atom stereocenters. The quantitative estimate of drug-likeness (QED) is 0.815. The minimum atomic E-state index is -0.116. The highest BCUT2D eigenvalue weighted by molar-refractivity contribution is 7.16. The van der Waals surface area contributed by atoms with Gasteiger partial charge in [-0.1, -0.05) is 31.1 Å². The van der Waals surface area contributed by atoms with Gasteiger partial charge in [0.05, 0.1) is 23.9 Å². The number of carbonyl (C=O) groups excluding carboxylic acids is 1. The number of thiazole rings is 1. The van der Waals surface area contributed by atoms with E-state index in [9.17, 15) is 4.79 Å². The standard InChI is InChI=1S/C16H18N2O2S/c1-5-8-18-13-7-6-12(20-4)10-14(13)21-16(18)17-15(19)9-11(2)3/h1,6-7,10-11H,8-9H2,2-4H3. The lowest BCUT2D eigenvalue weighted by Gasteiger charge is -2.02. The lowest BCUT2D eigenvalue weighted by atomic mass is 10.1. The third-order valence-corrected chi connectivity index (χ3v) is 3.98. The van der Waals surface area contributed by atoms with Gasteiger partial charge in [-0.15, -0.1) is 6.42 Å². The Kier molecular flexibility index (Phi) is 4.81. The van der Waals surface area contributed by atoms with Crippen LogP contribution in [0.2, 0.25) is 0 Å². The van der Waals surface area contributed by atoms with Crippen molar-refractivity contribution >= 4 is 27.5 Å². The molecule has 0 N–H and O–H groups in total. The molecule has 110 valence electrons. The summed E-state index contributed by atoms with van der Waals surface area (Å²) >= 11 is 1.45. The number of nitrogens with zero attached hydrogens (tertiary/aromatic N) is 2. The van der Waals surface area contributed by atoms with Gasteiger partial charge in [-0.05, 0) is 24.1 Å². The Morgan fingerprint density at radius 1 is 1.52 bits per heavy atom. The topological polar surface area (TPSA) is 43.6 Å². The number of terminal acetylenes is 1. The van der Waals surface area contributed by atoms with Gasteiger partial charge in [0.25, 0.3) is 0 Å². The van der Waals surface area contributed by atoms with E-state index in [1.165, 1.54) is 11.3 Å². The molecule has 0 radical (unpaired) electrons. The van der Waals surface area contributed by atoms with E-state index in [1.807, 2.05) is 36.6 Å². The molecule has 21 heavy (non-hydrogen) atoms. The summed E-state index contributed by atoms with van der Waals surface area (Å²) in [5.74, 6) is 3.56. The van der Waals surface area contributed by atoms with E-state index in [4.69, 9.17) is 11.2 Å². The molecule has 0 aliphatic rings. The summed E-state index contributed by atoms with van der Waals surface area (Å²) in [7, 11) is 1.63. The molecular formula is C16H18N2O2S. The fourth-order valence-corrected chi connectivity index (χ4v) is 3.09. The molecule has 0 atom stereocenters. The second kappa shape index (κ2) is 6.59. The van der Waals surface area contributed by atoms with Crippen LogP contribution in [0.1, 0.15) is 20.3 Å². The van der Waals surface area contributed by atoms with Crippen molar-refractivity contribution in [3.8, 4) is 18.1 Å². The van der Waals surface area contributed by atoms with Gasteiger partial charge in [0.15, 0.2) is 4.80 Å². The van der Waals surface area contributed by atoms with Gasteiger partial charge >= 0.3 is 0 Å². The molecule has 1 amide bonds. The number of rotatable bonds is 4. The molecule has 4 nitrogen and oxygen atoms in total. The molecule has 5 heteroatoms. The highest BCUT2D eigenvalue weighted by atomic mass is 32.1. The summed E-state index contributed by atoms with van der Waals surface area (Å²) in [6.07, 6.45) is 5.87. The second-order valence-electron chi connectivity index (χ2n) is 5.11. The zero-order chi connectivity index (χ0) is 15.4. The van der Waals surface area contributed by atoms with E-state index < -0.39 is 0 Å². The predicted molar refractivity (Wildman–Crippen MR) is 85.2 cm³/mol. The Morgan fingerprint density at radius 3 is 2.90 bits per heavy atom. The number of hydrogen-bond acceptors (Lipinski definition) is 3. The molecule has 0 saturated carbocycles. The van der Waals surface area contributed by atoms with Gasteiger partial charge in [0, 0.05) is 6.42 Å². The van der Waals surface area contributed by atoms with Crippen molar-refractivity contribution in [2.24, 2.45) is 10.9 Å². The maximum atomic E-state index is 11.9. The first-order valence-corrected chi connectivity index (χ1v) is 7.55. The fraction of sp³-hybridized carbons (Fsp3) is 0.375. The van der Waals surface area contributed by atoms with Crippen LogP contribution in [0.3, 0.4) is 0 Å². The van der Waals surface area contributed by atoms with E-state index >= 15 is 0 Å². The molecule has 2 aromatic rings. The minimum Gasteiger partial charge on any atom is -0.497 e. The first kappa shape index (κ1) is 15.3. The first-order chi connectivity index (χ1) is 10.0. The number of methoxy groups -OCH3 is 1. The molecule has 0 saturated heterocycles. The van der Waals surface area contributed by atoms with Crippen LogP contribution in [-0.2, 0) is 11.3 Å². The molecule has 1 aromatic heterocycles. The number of benzene rings is 1. The summed E-state index contributed by atoms with van der Waals surface area (Å²) in [6, 6.07) is 5.74. The summed E-state index contributed by atoms with van der Waals surface area (Å²) < 4.78 is 8.11. The third kappa shape index (κ3) is 3.53. The van der Waals surface area contributed by atoms with Crippen molar-refractivity contribution in [3.63, 3.8) is 0 Å². The molecule has 1 heterocycles. The van der Waals surface area contributed by atoms with Crippen LogP contribution < -0.4 is 9.54 Å². The SMILES string of the molecule is C#CCn1c(=NC(=O)CC(C)C)sc2cc(OC)ccc21. The summed E-state index contributed by atoms with van der Waals surface area (Å²) in [4.78, 5) is 16.8. The normalized spacial score (nSPS) is 11.9. The maximum Gasteiger partial charge on any atom is 0.248 e. The van der Waals surface area contributed by atoms with Crippen LogP contribution in [0.15, 0.2) is 23.2 Å². The second-order valence-corrected chi connectivity index (χ2v) is 6.12. The van der Waals surface area contributed by atoms with Gasteiger partial charge in [0.2, 0.25) is 5.91 Å². The number of aromatic nitrogens is 1. The highest BCUT2D eigenvalue weighted by Crippen LogP contribution is 2.23. The Labute approximate surface area is 128 Å². The highest BCUT2D eigenvalue weighted by Gasteiger charge is 2.09. The molecule has 0 bridgehead atoms. The Bertz CT molecular complexity index is 763. The van der Waals surface area contributed by atoms with E-state index in [1.54, 1.807) is 7.11 Å². The summed E-state index contributed by atoms with van der Waals surface area (Å²) in [6.45, 7) is 4.39. The third-order valence-electron chi connectivity index (χ3n) is 2.94. The molecular weight excluding hydrogens is 284 g/mol. The summed E-state index contributed by atoms with van der Waals surface area (Å²) in [5.41, 5.74) is 0.967. The Hall–Kier alpha value is -2.06. The Morgan fingerprint density at radius 2 is 2.29 bits per heavy atom. The summed E-state index contributed by atoms with van der Waals surface area (Å²) in [5, 5.41) is 0. The van der Waals surface area contributed by atoms with E-state index in [0.29, 0.717) is 17.8 Å². The predicted octanol–water partition coefficient (Wildman–Crippen LogP) is 2.82. The van der Waals surface area contributed by atoms with Crippen molar-refractivity contribution in [3.05, 3.63) is 23.0 Å². The van der Waals surface area contributed by atoms with Crippen LogP contribution in [0.25, 0.3) is 10.2 Å². The number of fused-ring (bicyclic) bond motifs is 1. The number of hydrogen-bond donors (Lipinski definition) is 0. The monoisotopic (exact) mass is 302 g/mol. The molecule has 0 aliphatic heterocycles. The lowest BCUT2D eigenvalue weighted by Crippen LogP contribution is -2.16. The van der Waals surface area contributed by atoms with E-state index in [-0.39, 0.29) is 11.8 Å². The van der Waals surface area contributed by atoms with E-state index in [0.717, 1.165) is 16.0 Å². The van der Waals surface area contributed by atoms with Crippen LogP contribution in [0, 0.1) is 18.3 Å². The maximum absolute atomic E-state index is 11.9. The zero-order valence-corrected chi connectivity index (χ0v) is 13.2. The average molecular weight is 302 g/mol. The van der Waals surface area contributed by atoms with Crippen LogP contribution >= 0.6 is 11.3 Å². The van der Waals surface area contributed by atoms with Crippen molar-refractivity contribution < 1.29 is 9.53 Å². The fourth-order valence-electron chi connectivity index (χ4n) is 2.01. The number of ether oxygens (including phenoxy) is 1. The number of amides is 1. The van der Waals surface area contributed by atoms with E-state index in [2.05, 4.69) is 10.9 Å². The van der Waals surface area contributed by atoms with Crippen molar-refractivity contribution in [1.82, 2.24) is 4.57 Å². The zero-order valence-electron chi connectivity index (χ0n) is 12.4. The molecule has 2 rings (SSSR count). The van der Waals surface area contributed by atoms with Crippen molar-refractivity contribution in [2.45, 2.75) is 26.8 Å². The first-order valence-electron chi connectivity index (χ1n) is 6.73. The van der Waals surface area contributed by atoms with Crippen LogP contribution in [-0.4, -0.2) is 17.6 Å². The molecule has 0 fully saturated rings.